The molecule has 0 radical (unpaired) electrons. The third kappa shape index (κ3) is 0.681. The van der Waals surface area contributed by atoms with Crippen molar-refractivity contribution in [1.29, 1.82) is 5.26 Å². The average Bonchev–Trinajstić information content (AvgIpc) is 1.00. The summed E-state index contributed by atoms with van der Waals surface area (Å²) in [5.74, 6) is 0. The smallest absolute Gasteiger partial charge is 0.412 e. The van der Waals surface area contributed by atoms with E-state index >= 15 is 0 Å². The van der Waals surface area contributed by atoms with Gasteiger partial charge >= 0.3 is 0 Å². The van der Waals surface area contributed by atoms with E-state index in [1.807, 2.05) is 0 Å². The highest BCUT2D eigenvalue weighted by Crippen LogP contribution is 0.626. The Hall–Kier alpha value is -0.590. The molecule has 0 aliphatic carbocycles. The zero-order valence-corrected chi connectivity index (χ0v) is 1.95. The molecule has 0 atom stereocenters. The SMILES string of the molecule is O.O.[C-]#N. The van der Waals surface area contributed by atoms with Crippen molar-refractivity contribution in [2.24, 2.45) is 0 Å². The van der Waals surface area contributed by atoms with Crippen LogP contribution in [0.5, 0.6) is 0 Å². The summed E-state index contributed by atoms with van der Waals surface area (Å²) >= 11 is 0. The van der Waals surface area contributed by atoms with Crippen LogP contribution in [0.1, 0.15) is 0 Å². The van der Waals surface area contributed by atoms with Crippen molar-refractivity contribution >= 4 is 0 Å². The minimum Gasteiger partial charge on any atom is -0.512 e. The Bertz CT molecular complexity index is 10.8. The van der Waals surface area contributed by atoms with Gasteiger partial charge in [0.05, 0.1) is 0 Å². The van der Waals surface area contributed by atoms with Crippen LogP contribution < -0.4 is 0 Å². The molecule has 0 saturated carbocycles. The second-order valence-corrected chi connectivity index (χ2v) is 0. The Kier molecular flexibility index (Phi) is 405. The Morgan fingerprint density at radius 3 is 1.00 bits per heavy atom. The van der Waals surface area contributed by atoms with Gasteiger partial charge in [-0.25, -0.2) is 0 Å². The molecule has 26 valence electrons. The van der Waals surface area contributed by atoms with Crippen molar-refractivity contribution in [2.75, 3.05) is 0 Å². The summed E-state index contributed by atoms with van der Waals surface area (Å²) in [5, 5.41) is 6.25. The second-order valence-electron chi connectivity index (χ2n) is 0. The Morgan fingerprint density at radius 1 is 1.00 bits per heavy atom. The van der Waals surface area contributed by atoms with Crippen molar-refractivity contribution in [1.82, 2.24) is 0 Å². The van der Waals surface area contributed by atoms with Crippen LogP contribution in [0, 0.1) is 11.8 Å². The van der Waals surface area contributed by atoms with Gasteiger partial charge in [0.1, 0.15) is 0 Å². The lowest BCUT2D eigenvalue weighted by molar-refractivity contribution is 0.823. The van der Waals surface area contributed by atoms with Crippen LogP contribution in [0.15, 0.2) is 0 Å². The van der Waals surface area contributed by atoms with Crippen LogP contribution in [0.25, 0.3) is 0 Å². The first-order chi connectivity index (χ1) is 1.00. The highest BCUT2D eigenvalue weighted by atomic mass is 16.0. The minimum atomic E-state index is 0. The zero-order chi connectivity index (χ0) is 2.00. The maximum atomic E-state index is 6.25. The van der Waals surface area contributed by atoms with Gasteiger partial charge in [0.2, 0.25) is 0 Å². The van der Waals surface area contributed by atoms with Crippen molar-refractivity contribution < 1.29 is 11.0 Å². The fraction of sp³-hybridized carbons (Fsp3) is 0. The van der Waals surface area contributed by atoms with Gasteiger partial charge in [-0.1, -0.05) is 0 Å². The fourth-order valence-corrected chi connectivity index (χ4v) is 0. The molecule has 0 spiro atoms. The topological polar surface area (TPSA) is 86.8 Å². The van der Waals surface area contributed by atoms with Crippen molar-refractivity contribution in [3.05, 3.63) is 6.57 Å². The highest BCUT2D eigenvalue weighted by molar-refractivity contribution is 3.44. The molecule has 0 aromatic rings. The van der Waals surface area contributed by atoms with E-state index in [0.717, 1.165) is 0 Å². The molecule has 0 rings (SSSR count). The molecule has 0 unspecified atom stereocenters. The van der Waals surface area contributed by atoms with Gasteiger partial charge in [-0.15, -0.1) is 0 Å². The molecule has 0 aliphatic rings. The molecule has 4 N–H and O–H groups in total. The van der Waals surface area contributed by atoms with Gasteiger partial charge in [0, 0.05) is 0 Å². The Balaban J connectivity index is -0.00000000500. The van der Waals surface area contributed by atoms with E-state index in [0.29, 0.717) is 0 Å². The van der Waals surface area contributed by atoms with E-state index < -0.39 is 0 Å². The van der Waals surface area contributed by atoms with Gasteiger partial charge in [0.25, 0.3) is 0 Å². The maximum Gasteiger partial charge on any atom is -0.412 e. The van der Waals surface area contributed by atoms with Crippen molar-refractivity contribution in [3.63, 3.8) is 0 Å². The van der Waals surface area contributed by atoms with E-state index in [1.165, 1.54) is 0 Å². The maximum absolute atomic E-state index is 6.25. The fourth-order valence-electron chi connectivity index (χ4n) is 0. The lowest BCUT2D eigenvalue weighted by Crippen LogP contribution is -0.530. The Morgan fingerprint density at radius 2 is 1.00 bits per heavy atom. The van der Waals surface area contributed by atoms with Gasteiger partial charge < -0.3 is 22.8 Å². The van der Waals surface area contributed by atoms with Crippen LogP contribution in [0.4, 0.5) is 0 Å². The van der Waals surface area contributed by atoms with Crippen molar-refractivity contribution in [2.45, 2.75) is 0 Å². The van der Waals surface area contributed by atoms with E-state index in [-0.39, 0.29) is 11.0 Å². The number of hydrogen-bond acceptors (Lipinski definition) is 1. The first kappa shape index (κ1) is 118. The summed E-state index contributed by atoms with van der Waals surface area (Å²) in [5.41, 5.74) is 0. The molecule has 3 heteroatoms. The molecular formula is CH4NO2-. The van der Waals surface area contributed by atoms with Crippen LogP contribution in [0.3, 0.4) is 0 Å². The van der Waals surface area contributed by atoms with Crippen molar-refractivity contribution in [3.8, 4) is 0 Å². The monoisotopic (exact) mass is 62.0 g/mol. The van der Waals surface area contributed by atoms with Crippen LogP contribution in [0.2, 0.25) is 0 Å². The molecule has 0 heterocycles. The van der Waals surface area contributed by atoms with E-state index in [4.69, 9.17) is 11.8 Å². The lowest BCUT2D eigenvalue weighted by Gasteiger charge is -1.08. The Labute approximate surface area is 24.1 Å². The molecule has 0 fully saturated rings. The van der Waals surface area contributed by atoms with Gasteiger partial charge in [0.15, 0.2) is 0 Å². The molecule has 4 heavy (non-hydrogen) atoms. The van der Waals surface area contributed by atoms with Gasteiger partial charge in [-0.3, -0.25) is 0 Å². The summed E-state index contributed by atoms with van der Waals surface area (Å²) < 4.78 is 0. The minimum absolute atomic E-state index is 0. The standard InChI is InChI=1S/CN.2H2O/c1-2;;/h;2*1H2/q-1;;. The third-order valence-corrected chi connectivity index (χ3v) is 0. The average molecular weight is 62.0 g/mol. The molecule has 0 aromatic heterocycles. The largest absolute Gasteiger partial charge is 0.512 e. The summed E-state index contributed by atoms with van der Waals surface area (Å²) in [7, 11) is 0. The molecule has 0 bridgehead atoms. The predicted octanol–water partition coefficient (Wildman–Crippen LogP) is -1.55. The number of hydrogen-bond donors (Lipinski definition) is 0. The third-order valence-electron chi connectivity index (χ3n) is 0. The predicted molar refractivity (Wildman–Crippen MR) is 12.2 cm³/mol. The summed E-state index contributed by atoms with van der Waals surface area (Å²) in [6.45, 7) is 4.75. The quantitative estimate of drug-likeness (QED) is 0.312. The summed E-state index contributed by atoms with van der Waals surface area (Å²) in [6.07, 6.45) is 0. The molecule has 0 aromatic carbocycles. The van der Waals surface area contributed by atoms with Gasteiger partial charge in [-0.05, 0) is 0 Å². The van der Waals surface area contributed by atoms with Crippen LogP contribution >= 0.6 is 0 Å². The van der Waals surface area contributed by atoms with E-state index in [2.05, 4.69) is 0 Å². The number of nitrogens with zero attached hydrogens (tertiary/aromatic N) is 1. The van der Waals surface area contributed by atoms with E-state index in [9.17, 15) is 0 Å². The summed E-state index contributed by atoms with van der Waals surface area (Å²) in [6, 6.07) is 0. The summed E-state index contributed by atoms with van der Waals surface area (Å²) in [4.78, 5) is 0. The lowest BCUT2D eigenvalue weighted by atomic mass is 11.9. The highest BCUT2D eigenvalue weighted by Gasteiger charge is 0.0775. The zero-order valence-electron chi connectivity index (χ0n) is 1.95. The van der Waals surface area contributed by atoms with Crippen LogP contribution in [-0.4, -0.2) is 11.0 Å². The van der Waals surface area contributed by atoms with E-state index in [1.54, 1.807) is 0 Å². The molecular weight excluding hydrogens is 58.0 g/mol. The molecule has 3 nitrogen and oxygen atoms in total. The molecule has 0 amide bonds. The first-order valence-electron chi connectivity index (χ1n) is 0.224. The first-order valence-corrected chi connectivity index (χ1v) is 0.224. The number of rotatable bonds is 0. The van der Waals surface area contributed by atoms with Crippen LogP contribution in [-0.2, 0) is 0 Å². The normalized spacial score (nSPS) is 0.500. The van der Waals surface area contributed by atoms with Gasteiger partial charge in [-0.2, -0.15) is 0 Å². The second kappa shape index (κ2) is 13.8. The molecule has 0 saturated heterocycles. The molecule has 0 aliphatic heterocycles.